The van der Waals surface area contributed by atoms with E-state index in [9.17, 15) is 14.4 Å². The summed E-state index contributed by atoms with van der Waals surface area (Å²) in [5.41, 5.74) is 3.13. The van der Waals surface area contributed by atoms with Gasteiger partial charge in [0.25, 0.3) is 11.8 Å². The number of carbonyl (C=O) groups excluding carboxylic acids is 3. The van der Waals surface area contributed by atoms with Crippen LogP contribution in [0, 0.1) is 0 Å². The number of nitrogens with zero attached hydrogens (tertiary/aromatic N) is 5. The Kier molecular flexibility index (Phi) is 4.62. The molecule has 1 unspecified atom stereocenters. The van der Waals surface area contributed by atoms with Crippen LogP contribution in [-0.4, -0.2) is 68.8 Å². The van der Waals surface area contributed by atoms with Crippen molar-refractivity contribution >= 4 is 17.7 Å². The summed E-state index contributed by atoms with van der Waals surface area (Å²) in [5.74, 6) is -0.381. The maximum Gasteiger partial charge on any atom is 0.255 e. The lowest BCUT2D eigenvalue weighted by atomic mass is 9.97. The van der Waals surface area contributed by atoms with Crippen molar-refractivity contribution in [3.63, 3.8) is 0 Å². The first-order chi connectivity index (χ1) is 14.5. The minimum atomic E-state index is -0.617. The molecule has 0 saturated carbocycles. The molecule has 0 spiro atoms. The molecule has 0 N–H and O–H groups in total. The first-order valence-electron chi connectivity index (χ1n) is 10.3. The Balaban J connectivity index is 1.43. The topological polar surface area (TPSA) is 97.6 Å². The number of imide groups is 1. The van der Waals surface area contributed by atoms with Gasteiger partial charge in [-0.05, 0) is 31.4 Å². The molecule has 3 aliphatic rings. The zero-order valence-corrected chi connectivity index (χ0v) is 16.8. The SMILES string of the molecule is CN1C(=O)CCC(N2Cc3c(cccc3-n3cc(C4CCOCC4)nn3)C2=O)C1=O. The van der Waals surface area contributed by atoms with Crippen LogP contribution in [0.4, 0.5) is 0 Å². The van der Waals surface area contributed by atoms with Crippen LogP contribution in [-0.2, 0) is 20.9 Å². The Morgan fingerprint density at radius 1 is 1.10 bits per heavy atom. The largest absolute Gasteiger partial charge is 0.381 e. The van der Waals surface area contributed by atoms with Gasteiger partial charge >= 0.3 is 0 Å². The van der Waals surface area contributed by atoms with Gasteiger partial charge in [0.1, 0.15) is 6.04 Å². The fourth-order valence-corrected chi connectivity index (χ4v) is 4.57. The molecule has 0 aliphatic carbocycles. The molecule has 3 aliphatic heterocycles. The van der Waals surface area contributed by atoms with E-state index < -0.39 is 6.04 Å². The zero-order valence-electron chi connectivity index (χ0n) is 16.8. The molecule has 156 valence electrons. The zero-order chi connectivity index (χ0) is 20.8. The van der Waals surface area contributed by atoms with E-state index in [1.807, 2.05) is 18.3 Å². The molecule has 30 heavy (non-hydrogen) atoms. The van der Waals surface area contributed by atoms with Crippen molar-refractivity contribution in [2.45, 2.75) is 44.2 Å². The van der Waals surface area contributed by atoms with Gasteiger partial charge in [-0.3, -0.25) is 19.3 Å². The molecule has 9 heteroatoms. The van der Waals surface area contributed by atoms with Crippen LogP contribution in [0.2, 0.25) is 0 Å². The predicted octanol–water partition coefficient (Wildman–Crippen LogP) is 1.26. The summed E-state index contributed by atoms with van der Waals surface area (Å²) in [6, 6.07) is 4.90. The van der Waals surface area contributed by atoms with Crippen molar-refractivity contribution in [3.8, 4) is 5.69 Å². The third kappa shape index (κ3) is 3.00. The lowest BCUT2D eigenvalue weighted by Crippen LogP contribution is -2.53. The van der Waals surface area contributed by atoms with Crippen molar-refractivity contribution in [1.29, 1.82) is 0 Å². The van der Waals surface area contributed by atoms with Gasteiger partial charge in [-0.25, -0.2) is 4.68 Å². The van der Waals surface area contributed by atoms with Crippen LogP contribution in [0.1, 0.15) is 53.2 Å². The average molecular weight is 409 g/mol. The van der Waals surface area contributed by atoms with E-state index in [1.165, 1.54) is 7.05 Å². The molecular formula is C21H23N5O4. The summed E-state index contributed by atoms with van der Waals surface area (Å²) in [6.07, 6.45) is 4.39. The number of rotatable bonds is 3. The number of aromatic nitrogens is 3. The monoisotopic (exact) mass is 409 g/mol. The van der Waals surface area contributed by atoms with E-state index in [4.69, 9.17) is 4.74 Å². The van der Waals surface area contributed by atoms with Crippen LogP contribution >= 0.6 is 0 Å². The van der Waals surface area contributed by atoms with Crippen molar-refractivity contribution in [1.82, 2.24) is 24.8 Å². The maximum atomic E-state index is 13.1. The number of ether oxygens (including phenoxy) is 1. The van der Waals surface area contributed by atoms with Gasteiger partial charge in [0, 0.05) is 50.3 Å². The summed E-state index contributed by atoms with van der Waals surface area (Å²) in [5, 5.41) is 8.68. The Morgan fingerprint density at radius 3 is 2.70 bits per heavy atom. The van der Waals surface area contributed by atoms with E-state index in [0.29, 0.717) is 24.4 Å². The number of likely N-dealkylation sites (N-methyl/N-ethyl adjacent to an activating group) is 1. The first-order valence-corrected chi connectivity index (χ1v) is 10.3. The lowest BCUT2D eigenvalue weighted by molar-refractivity contribution is -0.150. The minimum Gasteiger partial charge on any atom is -0.381 e. The molecule has 1 atom stereocenters. The highest BCUT2D eigenvalue weighted by Crippen LogP contribution is 2.33. The maximum absolute atomic E-state index is 13.1. The van der Waals surface area contributed by atoms with E-state index >= 15 is 0 Å². The van der Waals surface area contributed by atoms with Gasteiger partial charge in [0.2, 0.25) is 5.91 Å². The Hall–Kier alpha value is -3.07. The van der Waals surface area contributed by atoms with Crippen molar-refractivity contribution in [2.24, 2.45) is 0 Å². The molecule has 0 radical (unpaired) electrons. The molecule has 4 heterocycles. The van der Waals surface area contributed by atoms with Gasteiger partial charge in [0.05, 0.1) is 17.6 Å². The highest BCUT2D eigenvalue weighted by Gasteiger charge is 2.42. The molecule has 0 bridgehead atoms. The van der Waals surface area contributed by atoms with E-state index in [2.05, 4.69) is 10.3 Å². The van der Waals surface area contributed by atoms with Crippen LogP contribution in [0.15, 0.2) is 24.4 Å². The molecule has 5 rings (SSSR count). The quantitative estimate of drug-likeness (QED) is 0.708. The highest BCUT2D eigenvalue weighted by molar-refractivity contribution is 6.05. The van der Waals surface area contributed by atoms with E-state index in [1.54, 1.807) is 15.6 Å². The fraction of sp³-hybridized carbons (Fsp3) is 0.476. The number of hydrogen-bond donors (Lipinski definition) is 0. The minimum absolute atomic E-state index is 0.183. The lowest BCUT2D eigenvalue weighted by Gasteiger charge is -2.33. The van der Waals surface area contributed by atoms with E-state index in [-0.39, 0.29) is 24.1 Å². The third-order valence-electron chi connectivity index (χ3n) is 6.37. The number of hydrogen-bond acceptors (Lipinski definition) is 6. The average Bonchev–Trinajstić information content (AvgIpc) is 3.38. The number of amides is 3. The second-order valence-corrected chi connectivity index (χ2v) is 8.06. The van der Waals surface area contributed by atoms with Gasteiger partial charge in [-0.15, -0.1) is 5.10 Å². The summed E-state index contributed by atoms with van der Waals surface area (Å²) < 4.78 is 7.15. The Bertz CT molecular complexity index is 1030. The fourth-order valence-electron chi connectivity index (χ4n) is 4.57. The van der Waals surface area contributed by atoms with E-state index in [0.717, 1.165) is 47.9 Å². The third-order valence-corrected chi connectivity index (χ3v) is 6.37. The number of benzene rings is 1. The molecule has 2 saturated heterocycles. The second-order valence-electron chi connectivity index (χ2n) is 8.06. The smallest absolute Gasteiger partial charge is 0.255 e. The van der Waals surface area contributed by atoms with Gasteiger partial charge in [-0.2, -0.15) is 0 Å². The van der Waals surface area contributed by atoms with Crippen LogP contribution < -0.4 is 0 Å². The summed E-state index contributed by atoms with van der Waals surface area (Å²) in [4.78, 5) is 40.2. The molecule has 2 fully saturated rings. The van der Waals surface area contributed by atoms with Crippen LogP contribution in [0.3, 0.4) is 0 Å². The normalized spacial score (nSPS) is 22.7. The molecule has 1 aromatic carbocycles. The highest BCUT2D eigenvalue weighted by atomic mass is 16.5. The molecule has 2 aromatic rings. The molecule has 9 nitrogen and oxygen atoms in total. The summed E-state index contributed by atoms with van der Waals surface area (Å²) >= 11 is 0. The second kappa shape index (κ2) is 7.32. The standard InChI is InChI=1S/C21H23N5O4/c1-24-19(27)6-5-18(21(24)29)25-11-15-14(20(25)28)3-2-4-17(15)26-12-16(22-23-26)13-7-9-30-10-8-13/h2-4,12-13,18H,5-11H2,1H3. The predicted molar refractivity (Wildman–Crippen MR) is 105 cm³/mol. The number of carbonyl (C=O) groups is 3. The summed E-state index contributed by atoms with van der Waals surface area (Å²) in [6.45, 7) is 1.78. The van der Waals surface area contributed by atoms with Crippen LogP contribution in [0.25, 0.3) is 5.69 Å². The van der Waals surface area contributed by atoms with Gasteiger partial charge in [0.15, 0.2) is 0 Å². The first kappa shape index (κ1) is 18.9. The van der Waals surface area contributed by atoms with Gasteiger partial charge < -0.3 is 9.64 Å². The van der Waals surface area contributed by atoms with Gasteiger partial charge in [-0.1, -0.05) is 11.3 Å². The summed E-state index contributed by atoms with van der Waals surface area (Å²) in [7, 11) is 1.48. The molecular weight excluding hydrogens is 386 g/mol. The van der Waals surface area contributed by atoms with Crippen molar-refractivity contribution in [3.05, 3.63) is 41.2 Å². The number of likely N-dealkylation sites (tertiary alicyclic amines) is 1. The van der Waals surface area contributed by atoms with Crippen LogP contribution in [0.5, 0.6) is 0 Å². The number of fused-ring (bicyclic) bond motifs is 1. The van der Waals surface area contributed by atoms with Crippen molar-refractivity contribution in [2.75, 3.05) is 20.3 Å². The Labute approximate surface area is 173 Å². The molecule has 3 amide bonds. The Morgan fingerprint density at radius 2 is 1.90 bits per heavy atom. The molecule has 1 aromatic heterocycles. The van der Waals surface area contributed by atoms with Crippen molar-refractivity contribution < 1.29 is 19.1 Å². The number of piperidine rings is 1.